The minimum atomic E-state index is -0.403. The van der Waals surface area contributed by atoms with Gasteiger partial charge in [0.05, 0.1) is 23.6 Å². The second-order valence-corrected chi connectivity index (χ2v) is 5.68. The highest BCUT2D eigenvalue weighted by Gasteiger charge is 2.13. The number of nitrogens with one attached hydrogen (secondary N) is 1. The van der Waals surface area contributed by atoms with Gasteiger partial charge in [-0.15, -0.1) is 11.3 Å². The van der Waals surface area contributed by atoms with Crippen LogP contribution >= 0.6 is 11.3 Å². The molecule has 2 aromatic rings. The van der Waals surface area contributed by atoms with Gasteiger partial charge in [0.2, 0.25) is 0 Å². The highest BCUT2D eigenvalue weighted by molar-refractivity contribution is 7.10. The van der Waals surface area contributed by atoms with Gasteiger partial charge in [0, 0.05) is 22.7 Å². The molecule has 0 aliphatic carbocycles. The summed E-state index contributed by atoms with van der Waals surface area (Å²) < 4.78 is 5.52. The Labute approximate surface area is 127 Å². The van der Waals surface area contributed by atoms with Gasteiger partial charge in [-0.1, -0.05) is 13.0 Å². The number of rotatable bonds is 7. The summed E-state index contributed by atoms with van der Waals surface area (Å²) in [6.07, 6.45) is 0.858. The van der Waals surface area contributed by atoms with E-state index < -0.39 is 4.92 Å². The summed E-state index contributed by atoms with van der Waals surface area (Å²) in [5.41, 5.74) is 0.723. The first-order valence-corrected chi connectivity index (χ1v) is 7.70. The molecule has 0 aliphatic rings. The largest absolute Gasteiger partial charge is 0.493 e. The van der Waals surface area contributed by atoms with Crippen LogP contribution in [0.25, 0.3) is 0 Å². The van der Waals surface area contributed by atoms with Crippen LogP contribution in [0.5, 0.6) is 5.75 Å². The van der Waals surface area contributed by atoms with E-state index in [0.717, 1.165) is 6.42 Å². The average Bonchev–Trinajstić information content (AvgIpc) is 2.99. The fraction of sp³-hybridized carbons (Fsp3) is 0.333. The number of nitro groups is 1. The number of benzene rings is 1. The SMILES string of the molecule is CCCOc1cc(NC(C)c2cccs2)cc([N+](=O)[O-])c1. The summed E-state index contributed by atoms with van der Waals surface area (Å²) in [5.74, 6) is 0.520. The summed E-state index contributed by atoms with van der Waals surface area (Å²) >= 11 is 1.65. The summed E-state index contributed by atoms with van der Waals surface area (Å²) in [6.45, 7) is 4.56. The summed E-state index contributed by atoms with van der Waals surface area (Å²) in [4.78, 5) is 11.8. The molecule has 0 radical (unpaired) electrons. The first kappa shape index (κ1) is 15.3. The number of nitrogens with zero attached hydrogens (tertiary/aromatic N) is 1. The van der Waals surface area contributed by atoms with E-state index in [1.165, 1.54) is 17.0 Å². The van der Waals surface area contributed by atoms with E-state index in [2.05, 4.69) is 5.32 Å². The molecule has 1 heterocycles. The third-order valence-electron chi connectivity index (χ3n) is 2.93. The van der Waals surface area contributed by atoms with E-state index in [0.29, 0.717) is 18.0 Å². The van der Waals surface area contributed by atoms with Crippen molar-refractivity contribution in [1.82, 2.24) is 0 Å². The molecule has 1 aromatic heterocycles. The lowest BCUT2D eigenvalue weighted by Crippen LogP contribution is -2.06. The minimum Gasteiger partial charge on any atom is -0.493 e. The zero-order valence-electron chi connectivity index (χ0n) is 12.0. The second-order valence-electron chi connectivity index (χ2n) is 4.70. The Kier molecular flexibility index (Phi) is 5.16. The van der Waals surface area contributed by atoms with Gasteiger partial charge in [0.15, 0.2) is 0 Å². The summed E-state index contributed by atoms with van der Waals surface area (Å²) in [7, 11) is 0. The molecule has 2 rings (SSSR count). The maximum Gasteiger partial charge on any atom is 0.275 e. The molecule has 0 bridgehead atoms. The Morgan fingerprint density at radius 2 is 2.24 bits per heavy atom. The van der Waals surface area contributed by atoms with Crippen molar-refractivity contribution in [3.8, 4) is 5.75 Å². The molecule has 112 valence electrons. The van der Waals surface area contributed by atoms with Crippen molar-refractivity contribution < 1.29 is 9.66 Å². The predicted octanol–water partition coefficient (Wildman–Crippen LogP) is 4.62. The summed E-state index contributed by atoms with van der Waals surface area (Å²) in [6, 6.07) is 8.90. The molecule has 1 aromatic carbocycles. The lowest BCUT2D eigenvalue weighted by atomic mass is 10.2. The van der Waals surface area contributed by atoms with Gasteiger partial charge in [-0.25, -0.2) is 0 Å². The molecule has 1 atom stereocenters. The van der Waals surface area contributed by atoms with E-state index in [-0.39, 0.29) is 11.7 Å². The number of thiophene rings is 1. The highest BCUT2D eigenvalue weighted by Crippen LogP contribution is 2.29. The van der Waals surface area contributed by atoms with Crippen LogP contribution in [-0.4, -0.2) is 11.5 Å². The van der Waals surface area contributed by atoms with Gasteiger partial charge >= 0.3 is 0 Å². The molecule has 0 amide bonds. The Hall–Kier alpha value is -2.08. The Morgan fingerprint density at radius 3 is 2.86 bits per heavy atom. The van der Waals surface area contributed by atoms with Gasteiger partial charge in [0.25, 0.3) is 5.69 Å². The molecule has 0 aliphatic heterocycles. The zero-order chi connectivity index (χ0) is 15.2. The fourth-order valence-electron chi connectivity index (χ4n) is 1.93. The molecule has 0 spiro atoms. The first-order chi connectivity index (χ1) is 10.1. The van der Waals surface area contributed by atoms with E-state index >= 15 is 0 Å². The van der Waals surface area contributed by atoms with Crippen molar-refractivity contribution in [1.29, 1.82) is 0 Å². The van der Waals surface area contributed by atoms with Crippen molar-refractivity contribution in [3.63, 3.8) is 0 Å². The van der Waals surface area contributed by atoms with Gasteiger partial charge in [-0.05, 0) is 24.8 Å². The molecular weight excluding hydrogens is 288 g/mol. The fourth-order valence-corrected chi connectivity index (χ4v) is 2.67. The first-order valence-electron chi connectivity index (χ1n) is 6.82. The monoisotopic (exact) mass is 306 g/mol. The molecule has 5 nitrogen and oxygen atoms in total. The zero-order valence-corrected chi connectivity index (χ0v) is 12.9. The normalized spacial score (nSPS) is 11.9. The summed E-state index contributed by atoms with van der Waals surface area (Å²) in [5, 5.41) is 16.3. The van der Waals surface area contributed by atoms with Crippen molar-refractivity contribution in [2.45, 2.75) is 26.3 Å². The number of non-ortho nitro benzene ring substituents is 1. The molecule has 0 saturated heterocycles. The van der Waals surface area contributed by atoms with Gasteiger partial charge in [-0.2, -0.15) is 0 Å². The molecule has 1 unspecified atom stereocenters. The lowest BCUT2D eigenvalue weighted by Gasteiger charge is -2.15. The smallest absolute Gasteiger partial charge is 0.275 e. The molecule has 0 fully saturated rings. The molecule has 21 heavy (non-hydrogen) atoms. The van der Waals surface area contributed by atoms with Crippen LogP contribution in [0.4, 0.5) is 11.4 Å². The number of anilines is 1. The van der Waals surface area contributed by atoms with Crippen LogP contribution in [0, 0.1) is 10.1 Å². The Morgan fingerprint density at radius 1 is 1.43 bits per heavy atom. The van der Waals surface area contributed by atoms with Crippen molar-refractivity contribution in [3.05, 3.63) is 50.7 Å². The van der Waals surface area contributed by atoms with Crippen molar-refractivity contribution in [2.75, 3.05) is 11.9 Å². The van der Waals surface area contributed by atoms with Crippen LogP contribution in [0.2, 0.25) is 0 Å². The second kappa shape index (κ2) is 7.08. The molecular formula is C15H18N2O3S. The van der Waals surface area contributed by atoms with E-state index in [1.54, 1.807) is 17.4 Å². The number of hydrogen-bond donors (Lipinski definition) is 1. The van der Waals surface area contributed by atoms with Gasteiger partial charge < -0.3 is 10.1 Å². The van der Waals surface area contributed by atoms with E-state index in [4.69, 9.17) is 4.74 Å². The predicted molar refractivity (Wildman–Crippen MR) is 85.2 cm³/mol. The van der Waals surface area contributed by atoms with Gasteiger partial charge in [0.1, 0.15) is 5.75 Å². The quantitative estimate of drug-likeness (QED) is 0.599. The van der Waals surface area contributed by atoms with Crippen LogP contribution < -0.4 is 10.1 Å². The van der Waals surface area contributed by atoms with Crippen LogP contribution in [0.15, 0.2) is 35.7 Å². The van der Waals surface area contributed by atoms with E-state index in [9.17, 15) is 10.1 Å². The standard InChI is InChI=1S/C15H18N2O3S/c1-3-6-20-14-9-12(8-13(10-14)17(18)19)16-11(2)15-5-4-7-21-15/h4-5,7-11,16H,3,6H2,1-2H3. The number of ether oxygens (including phenoxy) is 1. The van der Waals surface area contributed by atoms with Crippen LogP contribution in [0.3, 0.4) is 0 Å². The number of hydrogen-bond acceptors (Lipinski definition) is 5. The molecule has 0 saturated carbocycles. The highest BCUT2D eigenvalue weighted by atomic mass is 32.1. The van der Waals surface area contributed by atoms with Crippen molar-refractivity contribution in [2.24, 2.45) is 0 Å². The third kappa shape index (κ3) is 4.19. The Bertz CT molecular complexity index is 599. The van der Waals surface area contributed by atoms with Crippen LogP contribution in [0.1, 0.15) is 31.2 Å². The van der Waals surface area contributed by atoms with E-state index in [1.807, 2.05) is 31.4 Å². The molecule has 1 N–H and O–H groups in total. The molecule has 6 heteroatoms. The lowest BCUT2D eigenvalue weighted by molar-refractivity contribution is -0.384. The average molecular weight is 306 g/mol. The van der Waals surface area contributed by atoms with Gasteiger partial charge in [-0.3, -0.25) is 10.1 Å². The van der Waals surface area contributed by atoms with Crippen molar-refractivity contribution >= 4 is 22.7 Å². The van der Waals surface area contributed by atoms with Crippen LogP contribution in [-0.2, 0) is 0 Å². The maximum absolute atomic E-state index is 11.0. The number of nitro benzene ring substituents is 1. The topological polar surface area (TPSA) is 64.4 Å². The Balaban J connectivity index is 2.20. The maximum atomic E-state index is 11.0. The third-order valence-corrected chi connectivity index (χ3v) is 3.98. The minimum absolute atomic E-state index is 0.0319.